The fourth-order valence-corrected chi connectivity index (χ4v) is 4.06. The Hall–Kier alpha value is -3.52. The molecule has 0 aliphatic carbocycles. The minimum Gasteiger partial charge on any atom is -0.450 e. The smallest absolute Gasteiger partial charge is 0.196 e. The molecular formula is C22H18FN5O2. The lowest BCUT2D eigenvalue weighted by atomic mass is 10.1. The lowest BCUT2D eigenvalue weighted by Gasteiger charge is -2.27. The van der Waals surface area contributed by atoms with Crippen LogP contribution >= 0.6 is 0 Å². The second-order valence-electron chi connectivity index (χ2n) is 7.35. The predicted octanol–water partition coefficient (Wildman–Crippen LogP) is 4.23. The van der Waals surface area contributed by atoms with Gasteiger partial charge in [0.05, 0.1) is 24.9 Å². The van der Waals surface area contributed by atoms with Crippen LogP contribution in [0.4, 0.5) is 10.2 Å². The molecular weight excluding hydrogens is 385 g/mol. The molecule has 0 spiro atoms. The Bertz CT molecular complexity index is 1390. The molecule has 1 aliphatic rings. The van der Waals surface area contributed by atoms with Gasteiger partial charge in [0.1, 0.15) is 17.8 Å². The van der Waals surface area contributed by atoms with E-state index in [1.807, 2.05) is 24.3 Å². The van der Waals surface area contributed by atoms with E-state index in [0.29, 0.717) is 43.3 Å². The maximum atomic E-state index is 13.5. The number of anilines is 1. The molecule has 0 saturated carbocycles. The summed E-state index contributed by atoms with van der Waals surface area (Å²) in [7, 11) is 0. The number of nitrogens with zero attached hydrogens (tertiary/aromatic N) is 4. The van der Waals surface area contributed by atoms with E-state index in [2.05, 4.69) is 15.1 Å². The molecule has 6 rings (SSSR count). The number of ether oxygens (including phenoxy) is 1. The van der Waals surface area contributed by atoms with Gasteiger partial charge >= 0.3 is 0 Å². The van der Waals surface area contributed by atoms with E-state index in [4.69, 9.17) is 19.1 Å². The van der Waals surface area contributed by atoms with Gasteiger partial charge in [-0.15, -0.1) is 0 Å². The number of aromatic amines is 1. The topological polar surface area (TPSA) is 80.1 Å². The normalized spacial score (nSPS) is 14.9. The molecule has 30 heavy (non-hydrogen) atoms. The first-order valence-corrected chi connectivity index (χ1v) is 9.86. The van der Waals surface area contributed by atoms with Gasteiger partial charge in [-0.1, -0.05) is 12.1 Å². The zero-order valence-corrected chi connectivity index (χ0v) is 16.1. The molecule has 0 amide bonds. The summed E-state index contributed by atoms with van der Waals surface area (Å²) in [6.07, 6.45) is 1.72. The number of para-hydroxylation sites is 1. The first-order valence-electron chi connectivity index (χ1n) is 9.86. The first kappa shape index (κ1) is 17.3. The molecule has 0 atom stereocenters. The summed E-state index contributed by atoms with van der Waals surface area (Å²) in [4.78, 5) is 11.9. The van der Waals surface area contributed by atoms with E-state index in [1.54, 1.807) is 18.3 Å². The fourth-order valence-electron chi connectivity index (χ4n) is 4.06. The Morgan fingerprint density at radius 2 is 1.93 bits per heavy atom. The van der Waals surface area contributed by atoms with Crippen molar-refractivity contribution in [2.24, 2.45) is 0 Å². The highest BCUT2D eigenvalue weighted by Crippen LogP contribution is 2.36. The molecule has 1 saturated heterocycles. The molecule has 0 unspecified atom stereocenters. The van der Waals surface area contributed by atoms with E-state index < -0.39 is 6.67 Å². The zero-order valence-electron chi connectivity index (χ0n) is 16.1. The summed E-state index contributed by atoms with van der Waals surface area (Å²) in [5.41, 5.74) is 4.23. The molecule has 1 fully saturated rings. The third-order valence-electron chi connectivity index (χ3n) is 5.53. The van der Waals surface area contributed by atoms with Gasteiger partial charge in [0, 0.05) is 29.4 Å². The van der Waals surface area contributed by atoms with E-state index in [1.165, 1.54) is 0 Å². The molecule has 0 radical (unpaired) electrons. The maximum Gasteiger partial charge on any atom is 0.196 e. The SMILES string of the molecule is FCc1cc(-c2nc(N3CCOCC3)c3oc4ccccc4c3n2)c2cn[nH]c2c1. The third kappa shape index (κ3) is 2.64. The monoisotopic (exact) mass is 403 g/mol. The van der Waals surface area contributed by atoms with Gasteiger partial charge in [-0.3, -0.25) is 5.10 Å². The van der Waals surface area contributed by atoms with Crippen molar-refractivity contribution in [3.63, 3.8) is 0 Å². The van der Waals surface area contributed by atoms with E-state index in [9.17, 15) is 4.39 Å². The average molecular weight is 403 g/mol. The molecule has 150 valence electrons. The second kappa shape index (κ2) is 6.77. The number of hydrogen-bond acceptors (Lipinski definition) is 6. The Balaban J connectivity index is 1.67. The quantitative estimate of drug-likeness (QED) is 0.486. The average Bonchev–Trinajstić information content (AvgIpc) is 3.43. The van der Waals surface area contributed by atoms with Crippen molar-refractivity contribution in [3.8, 4) is 11.4 Å². The highest BCUT2D eigenvalue weighted by molar-refractivity contribution is 6.07. The third-order valence-corrected chi connectivity index (χ3v) is 5.53. The van der Waals surface area contributed by atoms with Gasteiger partial charge in [0.25, 0.3) is 0 Å². The van der Waals surface area contributed by atoms with Crippen molar-refractivity contribution in [2.75, 3.05) is 31.2 Å². The minimum absolute atomic E-state index is 0.525. The van der Waals surface area contributed by atoms with Gasteiger partial charge in [-0.25, -0.2) is 14.4 Å². The summed E-state index contributed by atoms with van der Waals surface area (Å²) in [6.45, 7) is 2.12. The molecule has 4 heterocycles. The summed E-state index contributed by atoms with van der Waals surface area (Å²) in [5, 5.41) is 8.84. The van der Waals surface area contributed by atoms with Crippen LogP contribution in [0.2, 0.25) is 0 Å². The molecule has 0 bridgehead atoms. The number of fused-ring (bicyclic) bond motifs is 4. The van der Waals surface area contributed by atoms with Crippen LogP contribution in [0.1, 0.15) is 5.56 Å². The van der Waals surface area contributed by atoms with Gasteiger partial charge in [-0.2, -0.15) is 5.10 Å². The second-order valence-corrected chi connectivity index (χ2v) is 7.35. The van der Waals surface area contributed by atoms with Gasteiger partial charge in [-0.05, 0) is 29.8 Å². The number of benzene rings is 2. The summed E-state index contributed by atoms with van der Waals surface area (Å²) < 4.78 is 25.2. The van der Waals surface area contributed by atoms with Crippen LogP contribution in [-0.2, 0) is 11.4 Å². The van der Waals surface area contributed by atoms with Crippen LogP contribution in [-0.4, -0.2) is 46.5 Å². The number of furan rings is 1. The van der Waals surface area contributed by atoms with Crippen LogP contribution in [0, 0.1) is 0 Å². The van der Waals surface area contributed by atoms with Crippen LogP contribution in [0.5, 0.6) is 0 Å². The Labute approximate surface area is 170 Å². The standard InChI is InChI=1S/C22H18FN5O2/c23-11-13-9-15(16-12-24-27-17(16)10-13)21-25-19-14-3-1-2-4-18(14)30-20(19)22(26-21)28-5-7-29-8-6-28/h1-4,9-10,12H,5-8,11H2,(H,24,27). The number of hydrogen-bond donors (Lipinski definition) is 1. The highest BCUT2D eigenvalue weighted by Gasteiger charge is 2.23. The lowest BCUT2D eigenvalue weighted by Crippen LogP contribution is -2.37. The van der Waals surface area contributed by atoms with Gasteiger partial charge in [0.2, 0.25) is 0 Å². The maximum absolute atomic E-state index is 13.5. The highest BCUT2D eigenvalue weighted by atomic mass is 19.1. The number of nitrogens with one attached hydrogen (secondary N) is 1. The van der Waals surface area contributed by atoms with E-state index >= 15 is 0 Å². The van der Waals surface area contributed by atoms with Crippen LogP contribution in [0.3, 0.4) is 0 Å². The van der Waals surface area contributed by atoms with E-state index in [-0.39, 0.29) is 0 Å². The van der Waals surface area contributed by atoms with Crippen molar-refractivity contribution < 1.29 is 13.5 Å². The zero-order chi connectivity index (χ0) is 20.1. The van der Waals surface area contributed by atoms with Gasteiger partial charge < -0.3 is 14.1 Å². The molecule has 2 aromatic carbocycles. The van der Waals surface area contributed by atoms with Crippen LogP contribution in [0.15, 0.2) is 47.0 Å². The van der Waals surface area contributed by atoms with Crippen molar-refractivity contribution in [3.05, 3.63) is 48.2 Å². The summed E-state index contributed by atoms with van der Waals surface area (Å²) >= 11 is 0. The molecule has 5 aromatic rings. The first-order chi connectivity index (χ1) is 14.8. The molecule has 3 aromatic heterocycles. The minimum atomic E-state index is -0.574. The van der Waals surface area contributed by atoms with Crippen LogP contribution in [0.25, 0.3) is 44.4 Å². The molecule has 1 N–H and O–H groups in total. The number of alkyl halides is 1. The summed E-state index contributed by atoms with van der Waals surface area (Å²) in [6, 6.07) is 11.4. The van der Waals surface area contributed by atoms with Gasteiger partial charge in [0.15, 0.2) is 17.2 Å². The predicted molar refractivity (Wildman–Crippen MR) is 112 cm³/mol. The van der Waals surface area contributed by atoms with Crippen molar-refractivity contribution in [1.82, 2.24) is 20.2 Å². The Kier molecular flexibility index (Phi) is 3.92. The number of aromatic nitrogens is 4. The number of H-pyrrole nitrogens is 1. The van der Waals surface area contributed by atoms with E-state index in [0.717, 1.165) is 38.8 Å². The molecule has 7 nitrogen and oxygen atoms in total. The van der Waals surface area contributed by atoms with Crippen molar-refractivity contribution >= 4 is 38.8 Å². The van der Waals surface area contributed by atoms with Crippen molar-refractivity contribution in [1.29, 1.82) is 0 Å². The fraction of sp³-hybridized carbons (Fsp3) is 0.227. The molecule has 1 aliphatic heterocycles. The molecule has 8 heteroatoms. The number of morpholine rings is 1. The number of halogens is 1. The Morgan fingerprint density at radius 1 is 1.07 bits per heavy atom. The van der Waals surface area contributed by atoms with Crippen LogP contribution < -0.4 is 4.90 Å². The van der Waals surface area contributed by atoms with Crippen molar-refractivity contribution in [2.45, 2.75) is 6.67 Å². The largest absolute Gasteiger partial charge is 0.450 e. The number of rotatable bonds is 3. The lowest BCUT2D eigenvalue weighted by molar-refractivity contribution is 0.122. The summed E-state index contributed by atoms with van der Waals surface area (Å²) in [5.74, 6) is 1.26. The Morgan fingerprint density at radius 3 is 2.80 bits per heavy atom.